The van der Waals surface area contributed by atoms with Crippen LogP contribution in [0.2, 0.25) is 0 Å². The van der Waals surface area contributed by atoms with Crippen molar-refractivity contribution in [1.82, 2.24) is 9.88 Å². The van der Waals surface area contributed by atoms with Crippen LogP contribution in [0, 0.1) is 18.7 Å². The maximum Gasteiger partial charge on any atom is 0.223 e. The zero-order valence-electron chi connectivity index (χ0n) is 22.4. The molecule has 1 aromatic heterocycles. The van der Waals surface area contributed by atoms with Gasteiger partial charge in [-0.15, -0.1) is 0 Å². The lowest BCUT2D eigenvalue weighted by molar-refractivity contribution is -0.133. The summed E-state index contributed by atoms with van der Waals surface area (Å²) in [7, 11) is 0. The molecule has 0 unspecified atom stereocenters. The number of fused-ring (bicyclic) bond motifs is 2. The van der Waals surface area contributed by atoms with E-state index in [9.17, 15) is 9.18 Å². The third-order valence-corrected chi connectivity index (χ3v) is 7.73. The molecule has 0 atom stereocenters. The molecule has 7 heteroatoms. The molecule has 5 rings (SSSR count). The van der Waals surface area contributed by atoms with Gasteiger partial charge in [-0.05, 0) is 68.4 Å². The van der Waals surface area contributed by atoms with E-state index in [0.717, 1.165) is 74.4 Å². The van der Waals surface area contributed by atoms with E-state index in [1.54, 1.807) is 6.07 Å². The van der Waals surface area contributed by atoms with Crippen LogP contribution in [0.3, 0.4) is 0 Å². The van der Waals surface area contributed by atoms with Gasteiger partial charge in [0.05, 0.1) is 17.8 Å². The number of pyridine rings is 1. The van der Waals surface area contributed by atoms with Gasteiger partial charge < -0.3 is 19.1 Å². The number of nitrogens with zero attached hydrogens (tertiary/aromatic N) is 2. The zero-order chi connectivity index (χ0) is 26.5. The van der Waals surface area contributed by atoms with E-state index >= 15 is 0 Å². The summed E-state index contributed by atoms with van der Waals surface area (Å²) < 4.78 is 32.0. The summed E-state index contributed by atoms with van der Waals surface area (Å²) in [6.45, 7) is 7.69. The fraction of sp³-hybridized carbons (Fsp3) is 0.484. The number of hydrogen-bond acceptors (Lipinski definition) is 5. The number of carbonyl (C=O) groups is 1. The Bertz CT molecular complexity index is 1290. The van der Waals surface area contributed by atoms with Crippen LogP contribution in [-0.2, 0) is 29.1 Å². The Balaban J connectivity index is 1.34. The summed E-state index contributed by atoms with van der Waals surface area (Å²) in [5.41, 5.74) is 4.59. The van der Waals surface area contributed by atoms with Crippen molar-refractivity contribution >= 4 is 16.8 Å². The minimum atomic E-state index is -0.310. The van der Waals surface area contributed by atoms with Crippen LogP contribution in [0.25, 0.3) is 10.9 Å². The second kappa shape index (κ2) is 12.1. The SMILES string of the molecule is CCCCOc1c(C)c(COc2cccc3c2CN(C(=O)CC2CCOCC2)CC3)nc2ccc(F)cc12. The fourth-order valence-electron chi connectivity index (χ4n) is 5.37. The number of benzene rings is 2. The molecule has 0 saturated carbocycles. The summed E-state index contributed by atoms with van der Waals surface area (Å²) in [6, 6.07) is 10.7. The van der Waals surface area contributed by atoms with Crippen molar-refractivity contribution in [3.05, 3.63) is 64.6 Å². The highest BCUT2D eigenvalue weighted by molar-refractivity contribution is 5.86. The number of ether oxygens (including phenoxy) is 3. The summed E-state index contributed by atoms with van der Waals surface area (Å²) in [5.74, 6) is 1.76. The van der Waals surface area contributed by atoms with Gasteiger partial charge in [-0.25, -0.2) is 9.37 Å². The van der Waals surface area contributed by atoms with Gasteiger partial charge in [0.1, 0.15) is 23.9 Å². The number of hydrogen-bond donors (Lipinski definition) is 0. The Morgan fingerprint density at radius 1 is 1.18 bits per heavy atom. The third kappa shape index (κ3) is 5.93. The standard InChI is InChI=1S/C31H37FN2O4/c1-3-4-14-37-31-21(2)28(33-27-9-8-24(32)18-25(27)31)20-38-29-7-5-6-23-10-13-34(19-26(23)29)30(35)17-22-11-15-36-16-12-22/h5-9,18,22H,3-4,10-17,19-20H2,1-2H3. The lowest BCUT2D eigenvalue weighted by Gasteiger charge is -2.32. The normalized spacial score (nSPS) is 15.9. The van der Waals surface area contributed by atoms with Crippen molar-refractivity contribution in [2.75, 3.05) is 26.4 Å². The molecule has 202 valence electrons. The van der Waals surface area contributed by atoms with E-state index in [-0.39, 0.29) is 18.3 Å². The highest BCUT2D eigenvalue weighted by Crippen LogP contribution is 2.34. The van der Waals surface area contributed by atoms with Crippen molar-refractivity contribution in [3.63, 3.8) is 0 Å². The Hall–Kier alpha value is -3.19. The van der Waals surface area contributed by atoms with Crippen LogP contribution < -0.4 is 9.47 Å². The van der Waals surface area contributed by atoms with Crippen molar-refractivity contribution in [1.29, 1.82) is 0 Å². The van der Waals surface area contributed by atoms with Gasteiger partial charge in [-0.2, -0.15) is 0 Å². The van der Waals surface area contributed by atoms with E-state index in [4.69, 9.17) is 19.2 Å². The van der Waals surface area contributed by atoms with Crippen molar-refractivity contribution in [2.24, 2.45) is 5.92 Å². The van der Waals surface area contributed by atoms with Gasteiger partial charge in [0, 0.05) is 49.2 Å². The van der Waals surface area contributed by atoms with Gasteiger partial charge >= 0.3 is 0 Å². The first-order chi connectivity index (χ1) is 18.5. The summed E-state index contributed by atoms with van der Waals surface area (Å²) in [4.78, 5) is 19.9. The van der Waals surface area contributed by atoms with Crippen molar-refractivity contribution in [3.8, 4) is 11.5 Å². The molecule has 38 heavy (non-hydrogen) atoms. The molecule has 1 fully saturated rings. The van der Waals surface area contributed by atoms with Gasteiger partial charge in [0.15, 0.2) is 0 Å². The molecule has 0 aliphatic carbocycles. The van der Waals surface area contributed by atoms with Crippen LogP contribution >= 0.6 is 0 Å². The van der Waals surface area contributed by atoms with E-state index in [0.29, 0.717) is 42.1 Å². The molecule has 0 bridgehead atoms. The van der Waals surface area contributed by atoms with E-state index in [1.807, 2.05) is 24.0 Å². The smallest absolute Gasteiger partial charge is 0.223 e. The molecule has 2 aliphatic heterocycles. The minimum absolute atomic E-state index is 0.213. The minimum Gasteiger partial charge on any atom is -0.493 e. The highest BCUT2D eigenvalue weighted by atomic mass is 19.1. The summed E-state index contributed by atoms with van der Waals surface area (Å²) >= 11 is 0. The molecule has 2 aliphatic rings. The molecule has 3 heterocycles. The molecule has 1 amide bonds. The van der Waals surface area contributed by atoms with Crippen LogP contribution in [0.15, 0.2) is 36.4 Å². The zero-order valence-corrected chi connectivity index (χ0v) is 22.4. The Kier molecular flexibility index (Phi) is 8.42. The van der Waals surface area contributed by atoms with Crippen LogP contribution in [0.1, 0.15) is 61.4 Å². The predicted molar refractivity (Wildman–Crippen MR) is 145 cm³/mol. The van der Waals surface area contributed by atoms with E-state index in [2.05, 4.69) is 13.0 Å². The molecular weight excluding hydrogens is 483 g/mol. The molecule has 2 aromatic carbocycles. The van der Waals surface area contributed by atoms with Gasteiger partial charge in [-0.1, -0.05) is 25.5 Å². The first-order valence-electron chi connectivity index (χ1n) is 13.8. The maximum atomic E-state index is 14.0. The molecule has 1 saturated heterocycles. The summed E-state index contributed by atoms with van der Waals surface area (Å²) in [5, 5.41) is 0.679. The number of amides is 1. The number of aromatic nitrogens is 1. The third-order valence-electron chi connectivity index (χ3n) is 7.73. The lowest BCUT2D eigenvalue weighted by atomic mass is 9.94. The first kappa shape index (κ1) is 26.4. The van der Waals surface area contributed by atoms with Crippen molar-refractivity contribution in [2.45, 2.75) is 65.5 Å². The monoisotopic (exact) mass is 520 g/mol. The fourth-order valence-corrected chi connectivity index (χ4v) is 5.37. The Morgan fingerprint density at radius 2 is 2.03 bits per heavy atom. The van der Waals surface area contributed by atoms with E-state index in [1.165, 1.54) is 17.7 Å². The molecule has 6 nitrogen and oxygen atoms in total. The Labute approximate surface area is 224 Å². The predicted octanol–water partition coefficient (Wildman–Crippen LogP) is 6.14. The molecule has 3 aromatic rings. The highest BCUT2D eigenvalue weighted by Gasteiger charge is 2.26. The average Bonchev–Trinajstić information content (AvgIpc) is 2.93. The van der Waals surface area contributed by atoms with Gasteiger partial charge in [-0.3, -0.25) is 4.79 Å². The first-order valence-corrected chi connectivity index (χ1v) is 13.8. The summed E-state index contributed by atoms with van der Waals surface area (Å²) in [6.07, 6.45) is 5.26. The lowest BCUT2D eigenvalue weighted by Crippen LogP contribution is -2.37. The Morgan fingerprint density at radius 3 is 2.84 bits per heavy atom. The molecular formula is C31H37FN2O4. The van der Waals surface area contributed by atoms with Gasteiger partial charge in [0.2, 0.25) is 5.91 Å². The maximum absolute atomic E-state index is 14.0. The quantitative estimate of drug-likeness (QED) is 0.317. The molecule has 0 N–H and O–H groups in total. The number of halogens is 1. The largest absolute Gasteiger partial charge is 0.493 e. The number of unbranched alkanes of at least 4 members (excludes halogenated alkanes) is 1. The molecule has 0 radical (unpaired) electrons. The van der Waals surface area contributed by atoms with Crippen molar-refractivity contribution < 1.29 is 23.4 Å². The second-order valence-electron chi connectivity index (χ2n) is 10.4. The average molecular weight is 521 g/mol. The number of rotatable bonds is 9. The van der Waals surface area contributed by atoms with Crippen LogP contribution in [0.5, 0.6) is 11.5 Å². The molecule has 0 spiro atoms. The number of carbonyl (C=O) groups excluding carboxylic acids is 1. The van der Waals surface area contributed by atoms with Gasteiger partial charge in [0.25, 0.3) is 0 Å². The second-order valence-corrected chi connectivity index (χ2v) is 10.4. The topological polar surface area (TPSA) is 60.9 Å². The van der Waals surface area contributed by atoms with Crippen LogP contribution in [0.4, 0.5) is 4.39 Å². The van der Waals surface area contributed by atoms with E-state index < -0.39 is 0 Å². The van der Waals surface area contributed by atoms with Crippen LogP contribution in [-0.4, -0.2) is 42.2 Å².